The second-order valence-corrected chi connectivity index (χ2v) is 7.84. The molecule has 2 rings (SSSR count). The predicted octanol–water partition coefficient (Wildman–Crippen LogP) is 1.20. The first-order chi connectivity index (χ1) is 9.77. The number of aromatic nitrogens is 2. The number of carbonyl (C=O) groups excluding carboxylic acids is 1. The van der Waals surface area contributed by atoms with Crippen LogP contribution in [0.2, 0.25) is 0 Å². The van der Waals surface area contributed by atoms with Gasteiger partial charge in [-0.25, -0.2) is 8.42 Å². The van der Waals surface area contributed by atoms with Crippen molar-refractivity contribution >= 4 is 25.6 Å². The van der Waals surface area contributed by atoms with Crippen LogP contribution >= 0.6 is 10.7 Å². The molecule has 0 saturated carbocycles. The maximum Gasteiger partial charge on any atom is 0.273 e. The van der Waals surface area contributed by atoms with Crippen molar-refractivity contribution in [3.63, 3.8) is 0 Å². The number of aromatic amines is 1. The van der Waals surface area contributed by atoms with E-state index >= 15 is 0 Å². The van der Waals surface area contributed by atoms with E-state index in [9.17, 15) is 13.2 Å². The number of amides is 1. The first kappa shape index (κ1) is 16.3. The van der Waals surface area contributed by atoms with Crippen molar-refractivity contribution < 1.29 is 17.9 Å². The maximum absolute atomic E-state index is 12.3. The summed E-state index contributed by atoms with van der Waals surface area (Å²) in [6.45, 7) is 4.64. The minimum absolute atomic E-state index is 0.200. The number of rotatable bonds is 4. The van der Waals surface area contributed by atoms with Gasteiger partial charge in [0.15, 0.2) is 5.69 Å². The summed E-state index contributed by atoms with van der Waals surface area (Å²) in [5, 5.41) is 9.16. The Labute approximate surface area is 127 Å². The van der Waals surface area contributed by atoms with Crippen molar-refractivity contribution in [2.45, 2.75) is 43.5 Å². The molecule has 118 valence electrons. The van der Waals surface area contributed by atoms with Crippen LogP contribution in [0.4, 0.5) is 0 Å². The number of ether oxygens (including phenoxy) is 1. The fraction of sp³-hybridized carbons (Fsp3) is 0.667. The molecule has 7 nitrogen and oxygen atoms in total. The van der Waals surface area contributed by atoms with Gasteiger partial charge < -0.3 is 10.1 Å². The van der Waals surface area contributed by atoms with Crippen LogP contribution in [0.25, 0.3) is 0 Å². The van der Waals surface area contributed by atoms with Crippen molar-refractivity contribution in [2.75, 3.05) is 13.2 Å². The molecule has 1 amide bonds. The Balaban J connectivity index is 2.30. The third kappa shape index (κ3) is 3.56. The molecule has 1 aromatic heterocycles. The minimum atomic E-state index is -4.05. The molecule has 0 spiro atoms. The zero-order chi connectivity index (χ0) is 15.7. The van der Waals surface area contributed by atoms with Gasteiger partial charge in [-0.3, -0.25) is 9.89 Å². The minimum Gasteiger partial charge on any atom is -0.379 e. The average molecular weight is 336 g/mol. The van der Waals surface area contributed by atoms with Gasteiger partial charge in [-0.1, -0.05) is 6.92 Å². The molecule has 1 aliphatic rings. The highest BCUT2D eigenvalue weighted by Crippen LogP contribution is 2.24. The second kappa shape index (κ2) is 5.94. The van der Waals surface area contributed by atoms with Crippen molar-refractivity contribution in [2.24, 2.45) is 0 Å². The van der Waals surface area contributed by atoms with E-state index in [1.807, 2.05) is 6.92 Å². The lowest BCUT2D eigenvalue weighted by atomic mass is 9.95. The Morgan fingerprint density at radius 3 is 2.81 bits per heavy atom. The summed E-state index contributed by atoms with van der Waals surface area (Å²) < 4.78 is 28.7. The maximum atomic E-state index is 12.3. The van der Waals surface area contributed by atoms with Gasteiger partial charge in [0.25, 0.3) is 15.0 Å². The average Bonchev–Trinajstić information content (AvgIpc) is 2.82. The summed E-state index contributed by atoms with van der Waals surface area (Å²) in [6.07, 6.45) is 1.97. The molecule has 9 heteroatoms. The van der Waals surface area contributed by atoms with E-state index in [1.165, 1.54) is 0 Å². The lowest BCUT2D eigenvalue weighted by Crippen LogP contribution is -2.51. The monoisotopic (exact) mass is 335 g/mol. The zero-order valence-electron chi connectivity index (χ0n) is 11.9. The van der Waals surface area contributed by atoms with Gasteiger partial charge in [0.1, 0.15) is 4.90 Å². The van der Waals surface area contributed by atoms with E-state index in [1.54, 1.807) is 6.92 Å². The van der Waals surface area contributed by atoms with Crippen LogP contribution in [-0.2, 0) is 20.2 Å². The van der Waals surface area contributed by atoms with Crippen molar-refractivity contribution in [3.05, 3.63) is 11.4 Å². The number of H-pyrrole nitrogens is 1. The SMILES string of the molecule is CCc1[nH]nc(C(=O)NC2(C)CCCOC2)c1S(=O)(=O)Cl. The Kier molecular flexibility index (Phi) is 4.60. The van der Waals surface area contributed by atoms with Crippen molar-refractivity contribution in [3.8, 4) is 0 Å². The van der Waals surface area contributed by atoms with E-state index in [0.29, 0.717) is 25.3 Å². The van der Waals surface area contributed by atoms with E-state index in [-0.39, 0.29) is 10.6 Å². The van der Waals surface area contributed by atoms with E-state index in [2.05, 4.69) is 15.5 Å². The molecule has 0 radical (unpaired) electrons. The number of halogens is 1. The van der Waals surface area contributed by atoms with Crippen LogP contribution in [0, 0.1) is 0 Å². The molecule has 0 aromatic carbocycles. The number of hydrogen-bond donors (Lipinski definition) is 2. The Morgan fingerprint density at radius 2 is 2.29 bits per heavy atom. The number of carbonyl (C=O) groups is 1. The number of nitrogens with one attached hydrogen (secondary N) is 2. The molecule has 1 aromatic rings. The van der Waals surface area contributed by atoms with E-state index < -0.39 is 20.5 Å². The standard InChI is InChI=1S/C12H18ClN3O4S/c1-3-8-10(21(13,18)19)9(16-15-8)11(17)14-12(2)5-4-6-20-7-12/h3-7H2,1-2H3,(H,14,17)(H,15,16). The van der Waals surface area contributed by atoms with Gasteiger partial charge in [-0.15, -0.1) is 0 Å². The third-order valence-electron chi connectivity index (χ3n) is 3.46. The van der Waals surface area contributed by atoms with Crippen LogP contribution in [0.3, 0.4) is 0 Å². The van der Waals surface area contributed by atoms with Gasteiger partial charge in [-0.05, 0) is 26.2 Å². The lowest BCUT2D eigenvalue weighted by molar-refractivity contribution is 0.0270. The van der Waals surface area contributed by atoms with Crippen LogP contribution in [0.1, 0.15) is 42.9 Å². The zero-order valence-corrected chi connectivity index (χ0v) is 13.5. The van der Waals surface area contributed by atoms with Gasteiger partial charge in [0, 0.05) is 17.3 Å². The first-order valence-corrected chi connectivity index (χ1v) is 9.00. The summed E-state index contributed by atoms with van der Waals surface area (Å²) in [5.41, 5.74) is -0.414. The molecule has 2 N–H and O–H groups in total. The fourth-order valence-corrected chi connectivity index (χ4v) is 3.74. The van der Waals surface area contributed by atoms with Crippen LogP contribution < -0.4 is 5.32 Å². The Hall–Kier alpha value is -1.12. The fourth-order valence-electron chi connectivity index (χ4n) is 2.39. The number of hydrogen-bond acceptors (Lipinski definition) is 5. The smallest absolute Gasteiger partial charge is 0.273 e. The molecule has 1 unspecified atom stereocenters. The van der Waals surface area contributed by atoms with Crippen molar-refractivity contribution in [1.29, 1.82) is 0 Å². The molecule has 2 heterocycles. The summed E-state index contributed by atoms with van der Waals surface area (Å²) >= 11 is 0. The highest BCUT2D eigenvalue weighted by molar-refractivity contribution is 8.13. The van der Waals surface area contributed by atoms with E-state index in [0.717, 1.165) is 12.8 Å². The molecule has 21 heavy (non-hydrogen) atoms. The summed E-state index contributed by atoms with van der Waals surface area (Å²) in [6, 6.07) is 0. The van der Waals surface area contributed by atoms with Crippen LogP contribution in [-0.4, -0.2) is 43.3 Å². The van der Waals surface area contributed by atoms with Gasteiger partial charge in [0.05, 0.1) is 17.8 Å². The van der Waals surface area contributed by atoms with Gasteiger partial charge in [0.2, 0.25) is 0 Å². The molecular weight excluding hydrogens is 318 g/mol. The van der Waals surface area contributed by atoms with Crippen LogP contribution in [0.15, 0.2) is 4.90 Å². The highest BCUT2D eigenvalue weighted by Gasteiger charge is 2.34. The van der Waals surface area contributed by atoms with Crippen LogP contribution in [0.5, 0.6) is 0 Å². The van der Waals surface area contributed by atoms with Crippen molar-refractivity contribution in [1.82, 2.24) is 15.5 Å². The molecule has 1 saturated heterocycles. The molecular formula is C12H18ClN3O4S. The normalized spacial score (nSPS) is 23.0. The predicted molar refractivity (Wildman–Crippen MR) is 76.9 cm³/mol. The van der Waals surface area contributed by atoms with E-state index in [4.69, 9.17) is 15.4 Å². The molecule has 1 fully saturated rings. The third-order valence-corrected chi connectivity index (χ3v) is 4.85. The second-order valence-electron chi connectivity index (χ2n) is 5.34. The quantitative estimate of drug-likeness (QED) is 0.805. The van der Waals surface area contributed by atoms with Gasteiger partial charge in [-0.2, -0.15) is 5.10 Å². The number of nitrogens with zero attached hydrogens (tertiary/aromatic N) is 1. The first-order valence-electron chi connectivity index (χ1n) is 6.69. The lowest BCUT2D eigenvalue weighted by Gasteiger charge is -2.34. The Bertz CT molecular complexity index is 635. The Morgan fingerprint density at radius 1 is 1.57 bits per heavy atom. The summed E-state index contributed by atoms with van der Waals surface area (Å²) in [5.74, 6) is -0.571. The summed E-state index contributed by atoms with van der Waals surface area (Å²) in [7, 11) is 1.37. The molecule has 0 aliphatic carbocycles. The summed E-state index contributed by atoms with van der Waals surface area (Å²) in [4.78, 5) is 12.1. The van der Waals surface area contributed by atoms with Gasteiger partial charge >= 0.3 is 0 Å². The highest BCUT2D eigenvalue weighted by atomic mass is 35.7. The molecule has 1 aliphatic heterocycles. The number of aryl methyl sites for hydroxylation is 1. The largest absolute Gasteiger partial charge is 0.379 e. The topological polar surface area (TPSA) is 101 Å². The molecule has 1 atom stereocenters. The molecule has 0 bridgehead atoms.